The highest BCUT2D eigenvalue weighted by Gasteiger charge is 2.15. The van der Waals surface area contributed by atoms with Crippen LogP contribution in [0.5, 0.6) is 11.5 Å². The Morgan fingerprint density at radius 1 is 1.17 bits per heavy atom. The van der Waals surface area contributed by atoms with Gasteiger partial charge in [-0.05, 0) is 36.6 Å². The van der Waals surface area contributed by atoms with E-state index in [4.69, 9.17) is 21.1 Å². The summed E-state index contributed by atoms with van der Waals surface area (Å²) >= 11 is 6.21. The van der Waals surface area contributed by atoms with E-state index < -0.39 is 0 Å². The molecule has 1 heterocycles. The number of methoxy groups -OCH3 is 2. The number of ether oxygens (including phenoxy) is 2. The van der Waals surface area contributed by atoms with E-state index in [2.05, 4.69) is 18.0 Å². The Hall–Kier alpha value is -2.25. The van der Waals surface area contributed by atoms with Gasteiger partial charge in [0, 0.05) is 11.3 Å². The van der Waals surface area contributed by atoms with Crippen molar-refractivity contribution in [3.63, 3.8) is 0 Å². The summed E-state index contributed by atoms with van der Waals surface area (Å²) < 4.78 is 10.6. The number of aromatic nitrogens is 1. The second-order valence-corrected chi connectivity index (χ2v) is 5.47. The first kappa shape index (κ1) is 17.1. The lowest BCUT2D eigenvalue weighted by molar-refractivity contribution is 0.355. The smallest absolute Gasteiger partial charge is 0.161 e. The molecular weight excluding hydrogens is 312 g/mol. The Kier molecular flexibility index (Phi) is 5.84. The lowest BCUT2D eigenvalue weighted by atomic mass is 9.99. The lowest BCUT2D eigenvalue weighted by Crippen LogP contribution is -1.97. The minimum Gasteiger partial charge on any atom is -0.493 e. The van der Waals surface area contributed by atoms with Crippen molar-refractivity contribution in [3.05, 3.63) is 40.7 Å². The Bertz CT molecular complexity index is 739. The monoisotopic (exact) mass is 330 g/mol. The molecule has 0 amide bonds. The number of hydrogen-bond donors (Lipinski definition) is 0. The highest BCUT2D eigenvalue weighted by Crippen LogP contribution is 2.35. The van der Waals surface area contributed by atoms with Gasteiger partial charge >= 0.3 is 0 Å². The number of halogens is 1. The minimum absolute atomic E-state index is 0.242. The quantitative estimate of drug-likeness (QED) is 0.724. The van der Waals surface area contributed by atoms with Gasteiger partial charge in [-0.1, -0.05) is 31.0 Å². The molecule has 2 aromatic rings. The Balaban J connectivity index is 2.57. The Labute approximate surface area is 141 Å². The van der Waals surface area contributed by atoms with Crippen LogP contribution in [0.1, 0.15) is 31.0 Å². The average Bonchev–Trinajstić information content (AvgIpc) is 2.58. The zero-order chi connectivity index (χ0) is 16.8. The maximum atomic E-state index is 9.42. The standard InChI is InChI=1S/C18H19ClN2O2/c1-4-5-6-13-10-14(15(11-20)18(19)21-13)12-7-8-16(22-2)17(9-12)23-3/h7-10H,4-6H2,1-3H3. The normalized spacial score (nSPS) is 10.2. The fourth-order valence-electron chi connectivity index (χ4n) is 2.39. The summed E-state index contributed by atoms with van der Waals surface area (Å²) in [6.07, 6.45) is 2.94. The predicted molar refractivity (Wildman–Crippen MR) is 91.1 cm³/mol. The van der Waals surface area contributed by atoms with E-state index in [1.165, 1.54) is 0 Å². The fourth-order valence-corrected chi connectivity index (χ4v) is 2.64. The summed E-state index contributed by atoms with van der Waals surface area (Å²) in [7, 11) is 3.17. The minimum atomic E-state index is 0.242. The Morgan fingerprint density at radius 3 is 2.52 bits per heavy atom. The van der Waals surface area contributed by atoms with Crippen LogP contribution in [0, 0.1) is 11.3 Å². The van der Waals surface area contributed by atoms with Crippen molar-refractivity contribution in [1.82, 2.24) is 4.98 Å². The molecule has 0 radical (unpaired) electrons. The molecule has 0 aliphatic rings. The number of nitriles is 1. The van der Waals surface area contributed by atoms with Crippen LogP contribution in [0.25, 0.3) is 11.1 Å². The van der Waals surface area contributed by atoms with E-state index in [0.717, 1.165) is 36.1 Å². The SMILES string of the molecule is CCCCc1cc(-c2ccc(OC)c(OC)c2)c(C#N)c(Cl)n1. The molecule has 5 heteroatoms. The third-order valence-corrected chi connectivity index (χ3v) is 3.89. The molecule has 0 saturated heterocycles. The predicted octanol–water partition coefficient (Wildman–Crippen LogP) is 4.63. The van der Waals surface area contributed by atoms with E-state index in [1.54, 1.807) is 14.2 Å². The van der Waals surface area contributed by atoms with Crippen LogP contribution >= 0.6 is 11.6 Å². The van der Waals surface area contributed by atoms with Gasteiger partial charge in [0.05, 0.1) is 19.8 Å². The topological polar surface area (TPSA) is 55.1 Å². The number of hydrogen-bond acceptors (Lipinski definition) is 4. The van der Waals surface area contributed by atoms with Gasteiger partial charge in [0.25, 0.3) is 0 Å². The maximum Gasteiger partial charge on any atom is 0.161 e. The van der Waals surface area contributed by atoms with E-state index in [1.807, 2.05) is 24.3 Å². The average molecular weight is 331 g/mol. The third kappa shape index (κ3) is 3.75. The summed E-state index contributed by atoms with van der Waals surface area (Å²) in [5.41, 5.74) is 2.88. The molecule has 0 atom stereocenters. The third-order valence-electron chi connectivity index (χ3n) is 3.62. The largest absolute Gasteiger partial charge is 0.493 e. The molecule has 0 bridgehead atoms. The van der Waals surface area contributed by atoms with Crippen LogP contribution in [-0.2, 0) is 6.42 Å². The van der Waals surface area contributed by atoms with Crippen molar-refractivity contribution in [1.29, 1.82) is 5.26 Å². The van der Waals surface area contributed by atoms with Crippen molar-refractivity contribution >= 4 is 11.6 Å². The van der Waals surface area contributed by atoms with Gasteiger partial charge in [0.15, 0.2) is 11.5 Å². The first-order valence-corrected chi connectivity index (χ1v) is 7.84. The van der Waals surface area contributed by atoms with Crippen molar-refractivity contribution in [3.8, 4) is 28.7 Å². The summed E-state index contributed by atoms with van der Waals surface area (Å²) in [5, 5.41) is 9.67. The highest BCUT2D eigenvalue weighted by atomic mass is 35.5. The summed E-state index contributed by atoms with van der Waals surface area (Å²) in [6.45, 7) is 2.13. The summed E-state index contributed by atoms with van der Waals surface area (Å²) in [4.78, 5) is 4.33. The molecule has 1 aromatic carbocycles. The zero-order valence-electron chi connectivity index (χ0n) is 13.5. The first-order chi connectivity index (χ1) is 11.1. The first-order valence-electron chi connectivity index (χ1n) is 7.46. The molecule has 0 unspecified atom stereocenters. The van der Waals surface area contributed by atoms with E-state index >= 15 is 0 Å². The number of benzene rings is 1. The molecule has 23 heavy (non-hydrogen) atoms. The molecule has 0 saturated carbocycles. The van der Waals surface area contributed by atoms with Crippen molar-refractivity contribution in [2.24, 2.45) is 0 Å². The second kappa shape index (κ2) is 7.85. The van der Waals surface area contributed by atoms with Gasteiger partial charge in [0.2, 0.25) is 0 Å². The van der Waals surface area contributed by atoms with Crippen molar-refractivity contribution < 1.29 is 9.47 Å². The molecule has 120 valence electrons. The molecule has 1 aromatic heterocycles. The van der Waals surface area contributed by atoms with Crippen molar-refractivity contribution in [2.45, 2.75) is 26.2 Å². The summed E-state index contributed by atoms with van der Waals surface area (Å²) in [6, 6.07) is 9.62. The molecule has 0 fully saturated rings. The van der Waals surface area contributed by atoms with Crippen LogP contribution in [-0.4, -0.2) is 19.2 Å². The van der Waals surface area contributed by atoms with Crippen LogP contribution in [0.4, 0.5) is 0 Å². The van der Waals surface area contributed by atoms with E-state index in [9.17, 15) is 5.26 Å². The Morgan fingerprint density at radius 2 is 1.91 bits per heavy atom. The molecule has 4 nitrogen and oxygen atoms in total. The molecule has 0 aliphatic carbocycles. The van der Waals surface area contributed by atoms with E-state index in [-0.39, 0.29) is 5.15 Å². The van der Waals surface area contributed by atoms with Crippen LogP contribution in [0.15, 0.2) is 24.3 Å². The van der Waals surface area contributed by atoms with Gasteiger partial charge in [-0.15, -0.1) is 0 Å². The molecule has 0 spiro atoms. The van der Waals surface area contributed by atoms with Crippen LogP contribution in [0.2, 0.25) is 5.15 Å². The second-order valence-electron chi connectivity index (χ2n) is 5.11. The number of nitrogens with zero attached hydrogens (tertiary/aromatic N) is 2. The van der Waals surface area contributed by atoms with Gasteiger partial charge in [-0.2, -0.15) is 5.26 Å². The van der Waals surface area contributed by atoms with E-state index in [0.29, 0.717) is 17.1 Å². The fraction of sp³-hybridized carbons (Fsp3) is 0.333. The van der Waals surface area contributed by atoms with Gasteiger partial charge in [-0.3, -0.25) is 0 Å². The van der Waals surface area contributed by atoms with Gasteiger partial charge in [0.1, 0.15) is 11.2 Å². The summed E-state index contributed by atoms with van der Waals surface area (Å²) in [5.74, 6) is 1.25. The van der Waals surface area contributed by atoms with Crippen LogP contribution < -0.4 is 9.47 Å². The number of rotatable bonds is 6. The van der Waals surface area contributed by atoms with Crippen LogP contribution in [0.3, 0.4) is 0 Å². The van der Waals surface area contributed by atoms with Crippen molar-refractivity contribution in [2.75, 3.05) is 14.2 Å². The highest BCUT2D eigenvalue weighted by molar-refractivity contribution is 6.31. The number of aryl methyl sites for hydroxylation is 1. The molecule has 2 rings (SSSR count). The maximum absolute atomic E-state index is 9.42. The van der Waals surface area contributed by atoms with Gasteiger partial charge in [-0.25, -0.2) is 4.98 Å². The molecule has 0 N–H and O–H groups in total. The molecular formula is C18H19ClN2O2. The zero-order valence-corrected chi connectivity index (χ0v) is 14.3. The number of unbranched alkanes of at least 4 members (excludes halogenated alkanes) is 1. The van der Waals surface area contributed by atoms with Gasteiger partial charge < -0.3 is 9.47 Å². The lowest BCUT2D eigenvalue weighted by Gasteiger charge is -2.12. The number of pyridine rings is 1. The molecule has 0 aliphatic heterocycles.